The van der Waals surface area contributed by atoms with E-state index in [0.29, 0.717) is 17.4 Å². The van der Waals surface area contributed by atoms with Crippen LogP contribution in [0.25, 0.3) is 0 Å². The predicted octanol–water partition coefficient (Wildman–Crippen LogP) is 1.01. The summed E-state index contributed by atoms with van der Waals surface area (Å²) in [6.07, 6.45) is 6.59. The molecule has 10 heteroatoms. The number of carbonyl (C=O) groups excluding carboxylic acids is 3. The zero-order valence-corrected chi connectivity index (χ0v) is 15.4. The molecule has 2 fully saturated rings. The molecule has 0 spiro atoms. The second-order valence-electron chi connectivity index (χ2n) is 7.38. The Balaban J connectivity index is 1.71. The first-order valence-electron chi connectivity index (χ1n) is 9.40. The number of hydroxylamine groups is 2. The second kappa shape index (κ2) is 9.05. The normalized spacial score (nSPS) is 23.0. The van der Waals surface area contributed by atoms with Crippen LogP contribution in [0.4, 0.5) is 10.2 Å². The van der Waals surface area contributed by atoms with Gasteiger partial charge in [-0.1, -0.05) is 19.3 Å². The molecule has 0 radical (unpaired) electrons. The number of nitrogens with one attached hydrogen (secondary N) is 1. The van der Waals surface area contributed by atoms with Crippen molar-refractivity contribution in [1.29, 1.82) is 0 Å². The van der Waals surface area contributed by atoms with Crippen LogP contribution in [0.3, 0.4) is 0 Å². The summed E-state index contributed by atoms with van der Waals surface area (Å²) in [5.41, 5.74) is 0. The van der Waals surface area contributed by atoms with Crippen LogP contribution in [0.5, 0.6) is 0 Å². The first-order chi connectivity index (χ1) is 13.5. The minimum absolute atomic E-state index is 0.107. The minimum atomic E-state index is -1.32. The molecule has 1 aromatic rings. The van der Waals surface area contributed by atoms with E-state index in [1.54, 1.807) is 0 Å². The van der Waals surface area contributed by atoms with Crippen molar-refractivity contribution in [3.8, 4) is 0 Å². The summed E-state index contributed by atoms with van der Waals surface area (Å²) in [6, 6.07) is -0.975. The SMILES string of the molecule is O=CN(O)C[C@@H](CC1CCC1)C(=O)N1CC(F)C[C@H]1C(=O)Nc1cnccn1. The van der Waals surface area contributed by atoms with Gasteiger partial charge in [0.2, 0.25) is 18.2 Å². The van der Waals surface area contributed by atoms with E-state index < -0.39 is 29.9 Å². The first kappa shape index (κ1) is 20.1. The number of aromatic nitrogens is 2. The molecule has 3 rings (SSSR count). The van der Waals surface area contributed by atoms with E-state index in [-0.39, 0.29) is 31.7 Å². The Labute approximate surface area is 161 Å². The molecule has 1 aliphatic heterocycles. The molecule has 1 saturated carbocycles. The van der Waals surface area contributed by atoms with Crippen molar-refractivity contribution in [3.05, 3.63) is 18.6 Å². The van der Waals surface area contributed by atoms with Crippen LogP contribution < -0.4 is 5.32 Å². The number of hydrogen-bond acceptors (Lipinski definition) is 6. The molecular formula is C18H24FN5O4. The van der Waals surface area contributed by atoms with Crippen molar-refractivity contribution in [2.45, 2.75) is 44.3 Å². The van der Waals surface area contributed by atoms with Gasteiger partial charge in [0, 0.05) is 18.8 Å². The number of rotatable bonds is 8. The fourth-order valence-corrected chi connectivity index (χ4v) is 3.74. The molecule has 28 heavy (non-hydrogen) atoms. The van der Waals surface area contributed by atoms with Crippen LogP contribution in [0, 0.1) is 11.8 Å². The quantitative estimate of drug-likeness (QED) is 0.387. The zero-order chi connectivity index (χ0) is 20.1. The van der Waals surface area contributed by atoms with Gasteiger partial charge in [-0.3, -0.25) is 24.6 Å². The predicted molar refractivity (Wildman–Crippen MR) is 95.7 cm³/mol. The Bertz CT molecular complexity index is 702. The molecule has 0 bridgehead atoms. The summed E-state index contributed by atoms with van der Waals surface area (Å²) >= 11 is 0. The average molecular weight is 393 g/mol. The molecule has 1 aromatic heterocycles. The lowest BCUT2D eigenvalue weighted by atomic mass is 9.78. The summed E-state index contributed by atoms with van der Waals surface area (Å²) in [4.78, 5) is 45.5. The highest BCUT2D eigenvalue weighted by Crippen LogP contribution is 2.34. The van der Waals surface area contributed by atoms with Crippen LogP contribution in [-0.4, -0.2) is 68.7 Å². The van der Waals surface area contributed by atoms with Crippen molar-refractivity contribution in [1.82, 2.24) is 19.9 Å². The first-order valence-corrected chi connectivity index (χ1v) is 9.40. The van der Waals surface area contributed by atoms with Gasteiger partial charge in [-0.15, -0.1) is 0 Å². The number of alkyl halides is 1. The third-order valence-corrected chi connectivity index (χ3v) is 5.37. The highest BCUT2D eigenvalue weighted by atomic mass is 19.1. The van der Waals surface area contributed by atoms with Crippen LogP contribution in [0.2, 0.25) is 0 Å². The Hall–Kier alpha value is -2.62. The number of amides is 3. The Morgan fingerprint density at radius 2 is 2.21 bits per heavy atom. The van der Waals surface area contributed by atoms with Crippen LogP contribution >= 0.6 is 0 Å². The van der Waals surface area contributed by atoms with Gasteiger partial charge in [0.1, 0.15) is 12.2 Å². The van der Waals surface area contributed by atoms with Gasteiger partial charge >= 0.3 is 0 Å². The number of hydrogen-bond donors (Lipinski definition) is 2. The van der Waals surface area contributed by atoms with E-state index >= 15 is 0 Å². The van der Waals surface area contributed by atoms with Gasteiger partial charge in [0.15, 0.2) is 5.82 Å². The second-order valence-corrected chi connectivity index (χ2v) is 7.38. The fraction of sp³-hybridized carbons (Fsp3) is 0.611. The number of likely N-dealkylation sites (tertiary alicyclic amines) is 1. The largest absolute Gasteiger partial charge is 0.327 e. The topological polar surface area (TPSA) is 116 Å². The zero-order valence-electron chi connectivity index (χ0n) is 15.4. The van der Waals surface area contributed by atoms with E-state index in [0.717, 1.165) is 19.3 Å². The fourth-order valence-electron chi connectivity index (χ4n) is 3.74. The van der Waals surface area contributed by atoms with Crippen molar-refractivity contribution >= 4 is 24.0 Å². The van der Waals surface area contributed by atoms with E-state index in [1.165, 1.54) is 23.5 Å². The van der Waals surface area contributed by atoms with Gasteiger partial charge < -0.3 is 10.2 Å². The van der Waals surface area contributed by atoms with Gasteiger partial charge in [-0.2, -0.15) is 0 Å². The lowest BCUT2D eigenvalue weighted by Crippen LogP contribution is -2.48. The van der Waals surface area contributed by atoms with E-state index in [9.17, 15) is 24.0 Å². The standard InChI is InChI=1S/C18H24FN5O4/c19-14-7-15(17(26)22-16-8-20-4-5-21-16)24(10-14)18(27)13(9-23(28)11-25)6-12-2-1-3-12/h4-5,8,11-15,28H,1-3,6-7,9-10H2,(H,21,22,26)/t13-,14?,15+/m1/s1. The Kier molecular flexibility index (Phi) is 6.50. The molecule has 1 saturated heterocycles. The van der Waals surface area contributed by atoms with Crippen LogP contribution in [-0.2, 0) is 14.4 Å². The molecule has 2 aliphatic rings. The maximum Gasteiger partial charge on any atom is 0.248 e. The number of nitrogens with zero attached hydrogens (tertiary/aromatic N) is 4. The summed E-state index contributed by atoms with van der Waals surface area (Å²) in [7, 11) is 0. The molecular weight excluding hydrogens is 369 g/mol. The smallest absolute Gasteiger partial charge is 0.248 e. The van der Waals surface area contributed by atoms with E-state index in [2.05, 4.69) is 15.3 Å². The van der Waals surface area contributed by atoms with Crippen molar-refractivity contribution < 1.29 is 24.0 Å². The number of anilines is 1. The summed E-state index contributed by atoms with van der Waals surface area (Å²) in [6.45, 7) is -0.365. The van der Waals surface area contributed by atoms with Gasteiger partial charge in [0.25, 0.3) is 0 Å². The Morgan fingerprint density at radius 1 is 1.43 bits per heavy atom. The molecule has 2 heterocycles. The minimum Gasteiger partial charge on any atom is -0.327 e. The lowest BCUT2D eigenvalue weighted by molar-refractivity contribution is -0.158. The maximum absolute atomic E-state index is 14.1. The third-order valence-electron chi connectivity index (χ3n) is 5.37. The molecule has 152 valence electrons. The molecule has 3 atom stereocenters. The third kappa shape index (κ3) is 4.80. The van der Waals surface area contributed by atoms with Crippen LogP contribution in [0.15, 0.2) is 18.6 Å². The lowest BCUT2D eigenvalue weighted by Gasteiger charge is -2.33. The molecule has 1 unspecified atom stereocenters. The average Bonchev–Trinajstić information content (AvgIpc) is 3.05. The summed E-state index contributed by atoms with van der Waals surface area (Å²) in [5, 5.41) is 12.6. The highest BCUT2D eigenvalue weighted by Gasteiger charge is 2.43. The van der Waals surface area contributed by atoms with Gasteiger partial charge in [-0.25, -0.2) is 14.4 Å². The highest BCUT2D eigenvalue weighted by molar-refractivity contribution is 5.97. The van der Waals surface area contributed by atoms with Crippen LogP contribution in [0.1, 0.15) is 32.1 Å². The summed E-state index contributed by atoms with van der Waals surface area (Å²) in [5.74, 6) is -1.09. The molecule has 3 amide bonds. The van der Waals surface area contributed by atoms with Crippen molar-refractivity contribution in [3.63, 3.8) is 0 Å². The maximum atomic E-state index is 14.1. The van der Waals surface area contributed by atoms with Crippen molar-refractivity contribution in [2.24, 2.45) is 11.8 Å². The summed E-state index contributed by atoms with van der Waals surface area (Å²) < 4.78 is 14.1. The Morgan fingerprint density at radius 3 is 2.82 bits per heavy atom. The molecule has 9 nitrogen and oxygen atoms in total. The monoisotopic (exact) mass is 393 g/mol. The van der Waals surface area contributed by atoms with E-state index in [1.807, 2.05) is 0 Å². The number of carbonyl (C=O) groups is 3. The van der Waals surface area contributed by atoms with Gasteiger partial charge in [-0.05, 0) is 12.3 Å². The molecule has 1 aliphatic carbocycles. The van der Waals surface area contributed by atoms with Crippen molar-refractivity contribution in [2.75, 3.05) is 18.4 Å². The van der Waals surface area contributed by atoms with E-state index in [4.69, 9.17) is 0 Å². The molecule has 2 N–H and O–H groups in total. The number of halogens is 1. The molecule has 0 aromatic carbocycles. The van der Waals surface area contributed by atoms with Gasteiger partial charge in [0.05, 0.1) is 25.2 Å².